The molecule has 6 heteroatoms. The standard InChI is InChI=1S/C18H24BrN3O2/c1-20-18(23)11-22-6-4-16(5-7-22)21-10-13-8-14-9-15(19)2-3-17(14)24-12-13/h2-3,8-9,16,21H,4-7,10-12H2,1H3,(H,20,23). The van der Waals surface area contributed by atoms with Crippen molar-refractivity contribution >= 4 is 27.9 Å². The summed E-state index contributed by atoms with van der Waals surface area (Å²) in [7, 11) is 1.69. The molecule has 2 aliphatic heterocycles. The Hall–Kier alpha value is -1.37. The Morgan fingerprint density at radius 3 is 2.92 bits per heavy atom. The number of rotatable bonds is 5. The predicted octanol–water partition coefficient (Wildman–Crippen LogP) is 2.02. The smallest absolute Gasteiger partial charge is 0.233 e. The van der Waals surface area contributed by atoms with Crippen LogP contribution in [0.25, 0.3) is 6.08 Å². The predicted molar refractivity (Wildman–Crippen MR) is 99.1 cm³/mol. The second kappa shape index (κ2) is 8.14. The Kier molecular flexibility index (Phi) is 5.92. The molecule has 0 saturated carbocycles. The number of fused-ring (bicyclic) bond motifs is 1. The number of amides is 1. The van der Waals surface area contributed by atoms with Gasteiger partial charge in [0.15, 0.2) is 0 Å². The van der Waals surface area contributed by atoms with E-state index in [0.29, 0.717) is 19.2 Å². The molecule has 0 radical (unpaired) electrons. The molecule has 0 bridgehead atoms. The fraction of sp³-hybridized carbons (Fsp3) is 0.500. The molecule has 0 aromatic heterocycles. The van der Waals surface area contributed by atoms with Gasteiger partial charge in [0.05, 0.1) is 6.54 Å². The fourth-order valence-electron chi connectivity index (χ4n) is 3.15. The number of hydrogen-bond donors (Lipinski definition) is 2. The van der Waals surface area contributed by atoms with Crippen LogP contribution in [0.4, 0.5) is 0 Å². The first kappa shape index (κ1) is 17.5. The van der Waals surface area contributed by atoms with E-state index in [1.807, 2.05) is 12.1 Å². The van der Waals surface area contributed by atoms with E-state index in [9.17, 15) is 4.79 Å². The summed E-state index contributed by atoms with van der Waals surface area (Å²) in [5, 5.41) is 6.32. The fourth-order valence-corrected chi connectivity index (χ4v) is 3.53. The Morgan fingerprint density at radius 2 is 2.17 bits per heavy atom. The number of nitrogens with zero attached hydrogens (tertiary/aromatic N) is 1. The lowest BCUT2D eigenvalue weighted by Crippen LogP contribution is -2.46. The van der Waals surface area contributed by atoms with Crippen LogP contribution in [-0.2, 0) is 4.79 Å². The minimum atomic E-state index is 0.0933. The highest BCUT2D eigenvalue weighted by Crippen LogP contribution is 2.29. The molecular weight excluding hydrogens is 370 g/mol. The molecule has 1 saturated heterocycles. The number of carbonyl (C=O) groups is 1. The van der Waals surface area contributed by atoms with E-state index in [4.69, 9.17) is 4.74 Å². The number of nitrogens with one attached hydrogen (secondary N) is 2. The molecule has 2 N–H and O–H groups in total. The van der Waals surface area contributed by atoms with Gasteiger partial charge in [0.2, 0.25) is 5.91 Å². The third-order valence-corrected chi connectivity index (χ3v) is 5.09. The van der Waals surface area contributed by atoms with Crippen molar-refractivity contribution in [2.75, 3.05) is 39.8 Å². The van der Waals surface area contributed by atoms with Crippen molar-refractivity contribution in [3.05, 3.63) is 33.8 Å². The maximum atomic E-state index is 11.4. The maximum absolute atomic E-state index is 11.4. The lowest BCUT2D eigenvalue weighted by Gasteiger charge is -2.32. The SMILES string of the molecule is CNC(=O)CN1CCC(NCC2=Cc3cc(Br)ccc3OC2)CC1. The Bertz CT molecular complexity index is 625. The number of benzene rings is 1. The van der Waals surface area contributed by atoms with Crippen molar-refractivity contribution < 1.29 is 9.53 Å². The highest BCUT2D eigenvalue weighted by molar-refractivity contribution is 9.10. The Morgan fingerprint density at radius 1 is 1.38 bits per heavy atom. The molecule has 130 valence electrons. The second-order valence-corrected chi connectivity index (χ2v) is 7.29. The summed E-state index contributed by atoms with van der Waals surface area (Å²) < 4.78 is 6.89. The van der Waals surface area contributed by atoms with Crippen molar-refractivity contribution in [2.24, 2.45) is 0 Å². The first-order chi connectivity index (χ1) is 11.6. The summed E-state index contributed by atoms with van der Waals surface area (Å²) in [4.78, 5) is 13.6. The van der Waals surface area contributed by atoms with Crippen molar-refractivity contribution in [3.8, 4) is 5.75 Å². The van der Waals surface area contributed by atoms with Crippen molar-refractivity contribution in [1.29, 1.82) is 0 Å². The summed E-state index contributed by atoms with van der Waals surface area (Å²) in [5.74, 6) is 1.04. The topological polar surface area (TPSA) is 53.6 Å². The third kappa shape index (κ3) is 4.59. The lowest BCUT2D eigenvalue weighted by atomic mass is 10.0. The van der Waals surface area contributed by atoms with Gasteiger partial charge in [-0.3, -0.25) is 9.69 Å². The maximum Gasteiger partial charge on any atom is 0.233 e. The first-order valence-corrected chi connectivity index (χ1v) is 9.21. The summed E-state index contributed by atoms with van der Waals surface area (Å²) in [5.41, 5.74) is 2.40. The van der Waals surface area contributed by atoms with Gasteiger partial charge in [-0.15, -0.1) is 0 Å². The number of carbonyl (C=O) groups excluding carboxylic acids is 1. The van der Waals surface area contributed by atoms with Crippen LogP contribution in [0.2, 0.25) is 0 Å². The van der Waals surface area contributed by atoms with Gasteiger partial charge in [0.25, 0.3) is 0 Å². The van der Waals surface area contributed by atoms with Crippen LogP contribution in [0.15, 0.2) is 28.2 Å². The second-order valence-electron chi connectivity index (χ2n) is 6.38. The van der Waals surface area contributed by atoms with E-state index in [2.05, 4.69) is 43.6 Å². The molecule has 1 aromatic rings. The normalized spacial score (nSPS) is 18.5. The first-order valence-electron chi connectivity index (χ1n) is 8.42. The molecule has 1 aromatic carbocycles. The van der Waals surface area contributed by atoms with Gasteiger partial charge in [0, 0.05) is 42.8 Å². The van der Waals surface area contributed by atoms with E-state index >= 15 is 0 Å². The average molecular weight is 394 g/mol. The van der Waals surface area contributed by atoms with Crippen LogP contribution in [-0.4, -0.2) is 56.7 Å². The van der Waals surface area contributed by atoms with Crippen molar-refractivity contribution in [3.63, 3.8) is 0 Å². The van der Waals surface area contributed by atoms with Crippen LogP contribution in [0.5, 0.6) is 5.75 Å². The summed E-state index contributed by atoms with van der Waals surface area (Å²) >= 11 is 3.51. The number of likely N-dealkylation sites (N-methyl/N-ethyl adjacent to an activating group) is 1. The number of hydrogen-bond acceptors (Lipinski definition) is 4. The molecule has 0 unspecified atom stereocenters. The average Bonchev–Trinajstić information content (AvgIpc) is 2.60. The Balaban J connectivity index is 1.46. The van der Waals surface area contributed by atoms with E-state index in [-0.39, 0.29) is 5.91 Å². The van der Waals surface area contributed by atoms with Gasteiger partial charge >= 0.3 is 0 Å². The molecule has 0 spiro atoms. The molecule has 24 heavy (non-hydrogen) atoms. The zero-order valence-corrected chi connectivity index (χ0v) is 15.6. The van der Waals surface area contributed by atoms with E-state index in [0.717, 1.165) is 48.3 Å². The number of ether oxygens (including phenoxy) is 1. The van der Waals surface area contributed by atoms with Gasteiger partial charge in [-0.2, -0.15) is 0 Å². The van der Waals surface area contributed by atoms with Crippen LogP contribution in [0, 0.1) is 0 Å². The Labute approximate surface area is 151 Å². The van der Waals surface area contributed by atoms with Gasteiger partial charge in [-0.1, -0.05) is 15.9 Å². The van der Waals surface area contributed by atoms with Gasteiger partial charge < -0.3 is 15.4 Å². The number of likely N-dealkylation sites (tertiary alicyclic amines) is 1. The zero-order valence-electron chi connectivity index (χ0n) is 14.0. The molecule has 5 nitrogen and oxygen atoms in total. The van der Waals surface area contributed by atoms with Crippen LogP contribution in [0.3, 0.4) is 0 Å². The van der Waals surface area contributed by atoms with E-state index < -0.39 is 0 Å². The van der Waals surface area contributed by atoms with Crippen molar-refractivity contribution in [2.45, 2.75) is 18.9 Å². The molecular formula is C18H24BrN3O2. The quantitative estimate of drug-likeness (QED) is 0.803. The number of halogens is 1. The minimum absolute atomic E-state index is 0.0933. The highest BCUT2D eigenvalue weighted by atomic mass is 79.9. The summed E-state index contributed by atoms with van der Waals surface area (Å²) in [6.45, 7) is 3.95. The third-order valence-electron chi connectivity index (χ3n) is 4.60. The summed E-state index contributed by atoms with van der Waals surface area (Å²) in [6, 6.07) is 6.60. The van der Waals surface area contributed by atoms with Crippen LogP contribution in [0.1, 0.15) is 18.4 Å². The molecule has 2 aliphatic rings. The molecule has 2 heterocycles. The van der Waals surface area contributed by atoms with Gasteiger partial charge in [0.1, 0.15) is 12.4 Å². The van der Waals surface area contributed by atoms with Gasteiger partial charge in [-0.05, 0) is 42.7 Å². The van der Waals surface area contributed by atoms with Gasteiger partial charge in [-0.25, -0.2) is 0 Å². The van der Waals surface area contributed by atoms with Crippen LogP contribution >= 0.6 is 15.9 Å². The summed E-state index contributed by atoms with van der Waals surface area (Å²) in [6.07, 6.45) is 4.37. The number of piperidine rings is 1. The minimum Gasteiger partial charge on any atom is -0.489 e. The highest BCUT2D eigenvalue weighted by Gasteiger charge is 2.21. The largest absolute Gasteiger partial charge is 0.489 e. The molecule has 3 rings (SSSR count). The lowest BCUT2D eigenvalue weighted by molar-refractivity contribution is -0.122. The molecule has 1 amide bonds. The van der Waals surface area contributed by atoms with E-state index in [1.165, 1.54) is 5.57 Å². The molecule has 1 fully saturated rings. The van der Waals surface area contributed by atoms with E-state index in [1.54, 1.807) is 7.05 Å². The monoisotopic (exact) mass is 393 g/mol. The van der Waals surface area contributed by atoms with Crippen molar-refractivity contribution in [1.82, 2.24) is 15.5 Å². The molecule has 0 atom stereocenters. The zero-order chi connectivity index (χ0) is 16.9. The van der Waals surface area contributed by atoms with Crippen LogP contribution < -0.4 is 15.4 Å². The molecule has 0 aliphatic carbocycles.